The van der Waals surface area contributed by atoms with Crippen LogP contribution in [0.15, 0.2) is 34.9 Å². The first-order chi connectivity index (χ1) is 12.1. The Morgan fingerprint density at radius 1 is 1.08 bits per heavy atom. The predicted octanol–water partition coefficient (Wildman–Crippen LogP) is 1.98. The van der Waals surface area contributed by atoms with Gasteiger partial charge >= 0.3 is 0 Å². The molecule has 1 aromatic heterocycles. The van der Waals surface area contributed by atoms with Gasteiger partial charge in [-0.1, -0.05) is 5.16 Å². The maximum atomic E-state index is 12.6. The van der Waals surface area contributed by atoms with E-state index in [-0.39, 0.29) is 11.8 Å². The summed E-state index contributed by atoms with van der Waals surface area (Å²) >= 11 is 0. The summed E-state index contributed by atoms with van der Waals surface area (Å²) in [5.41, 5.74) is 0.930. The van der Waals surface area contributed by atoms with E-state index in [1.807, 2.05) is 6.92 Å². The van der Waals surface area contributed by atoms with Crippen molar-refractivity contribution in [1.29, 1.82) is 0 Å². The highest BCUT2D eigenvalue weighted by molar-refractivity contribution is 5.95. The van der Waals surface area contributed by atoms with Crippen molar-refractivity contribution in [2.45, 2.75) is 13.8 Å². The number of rotatable bonds is 4. The molecular weight excluding hydrogens is 322 g/mol. The maximum Gasteiger partial charge on any atom is 0.276 e. The first-order valence-corrected chi connectivity index (χ1v) is 8.33. The molecule has 132 valence electrons. The number of benzene rings is 1. The molecule has 2 heterocycles. The number of carbonyl (C=O) groups excluding carboxylic acids is 2. The van der Waals surface area contributed by atoms with Crippen molar-refractivity contribution < 1.29 is 18.8 Å². The van der Waals surface area contributed by atoms with Crippen molar-refractivity contribution in [2.75, 3.05) is 32.8 Å². The second kappa shape index (κ2) is 7.38. The summed E-state index contributed by atoms with van der Waals surface area (Å²) in [5.74, 6) is 1.16. The minimum atomic E-state index is -0.162. The van der Waals surface area contributed by atoms with Gasteiger partial charge in [0, 0.05) is 37.8 Å². The minimum Gasteiger partial charge on any atom is -0.494 e. The lowest BCUT2D eigenvalue weighted by molar-refractivity contribution is 0.0530. The zero-order valence-corrected chi connectivity index (χ0v) is 14.4. The topological polar surface area (TPSA) is 75.9 Å². The lowest BCUT2D eigenvalue weighted by Gasteiger charge is -2.34. The summed E-state index contributed by atoms with van der Waals surface area (Å²) in [6, 6.07) is 8.75. The number of carbonyl (C=O) groups is 2. The summed E-state index contributed by atoms with van der Waals surface area (Å²) in [6.07, 6.45) is 0. The van der Waals surface area contributed by atoms with E-state index in [4.69, 9.17) is 9.26 Å². The molecule has 0 saturated carbocycles. The maximum absolute atomic E-state index is 12.6. The van der Waals surface area contributed by atoms with Gasteiger partial charge in [0.1, 0.15) is 11.5 Å². The van der Waals surface area contributed by atoms with Gasteiger partial charge in [0.25, 0.3) is 11.8 Å². The third-order valence-electron chi connectivity index (χ3n) is 4.11. The van der Waals surface area contributed by atoms with Gasteiger partial charge in [0.15, 0.2) is 5.69 Å². The lowest BCUT2D eigenvalue weighted by Crippen LogP contribution is -2.50. The van der Waals surface area contributed by atoms with Crippen LogP contribution in [0, 0.1) is 6.92 Å². The van der Waals surface area contributed by atoms with E-state index >= 15 is 0 Å². The smallest absolute Gasteiger partial charge is 0.276 e. The zero-order valence-electron chi connectivity index (χ0n) is 14.4. The van der Waals surface area contributed by atoms with Gasteiger partial charge in [-0.25, -0.2) is 0 Å². The SMILES string of the molecule is CCOc1ccc(C(=O)N2CCN(C(=O)c3cc(C)on3)CC2)cc1. The first-order valence-electron chi connectivity index (χ1n) is 8.33. The Morgan fingerprint density at radius 3 is 2.20 bits per heavy atom. The Labute approximate surface area is 146 Å². The minimum absolute atomic E-state index is 0.0348. The van der Waals surface area contributed by atoms with Gasteiger partial charge in [-0.05, 0) is 38.1 Å². The molecule has 1 fully saturated rings. The summed E-state index contributed by atoms with van der Waals surface area (Å²) in [4.78, 5) is 28.4. The Balaban J connectivity index is 1.58. The van der Waals surface area contributed by atoms with Crippen LogP contribution in [0.5, 0.6) is 5.75 Å². The van der Waals surface area contributed by atoms with Crippen LogP contribution < -0.4 is 4.74 Å². The number of aromatic nitrogens is 1. The molecule has 7 nitrogen and oxygen atoms in total. The van der Waals surface area contributed by atoms with Crippen molar-refractivity contribution in [3.05, 3.63) is 47.3 Å². The van der Waals surface area contributed by atoms with Crippen LogP contribution in [0.2, 0.25) is 0 Å². The highest BCUT2D eigenvalue weighted by Crippen LogP contribution is 2.15. The van der Waals surface area contributed by atoms with Gasteiger partial charge in [0.05, 0.1) is 6.61 Å². The van der Waals surface area contributed by atoms with E-state index in [2.05, 4.69) is 5.16 Å². The third kappa shape index (κ3) is 3.81. The van der Waals surface area contributed by atoms with Crippen LogP contribution in [-0.4, -0.2) is 59.6 Å². The monoisotopic (exact) mass is 343 g/mol. The normalized spacial score (nSPS) is 14.5. The molecule has 0 aliphatic carbocycles. The van der Waals surface area contributed by atoms with Crippen LogP contribution in [0.3, 0.4) is 0 Å². The number of hydrogen-bond acceptors (Lipinski definition) is 5. The molecule has 0 atom stereocenters. The average Bonchev–Trinajstić information content (AvgIpc) is 3.08. The molecule has 0 spiro atoms. The largest absolute Gasteiger partial charge is 0.494 e. The predicted molar refractivity (Wildman–Crippen MR) is 90.7 cm³/mol. The summed E-state index contributed by atoms with van der Waals surface area (Å²) in [7, 11) is 0. The number of piperazine rings is 1. The Kier molecular flexibility index (Phi) is 5.02. The number of hydrogen-bond donors (Lipinski definition) is 0. The van der Waals surface area contributed by atoms with Crippen molar-refractivity contribution in [3.8, 4) is 5.75 Å². The molecule has 3 rings (SSSR count). The van der Waals surface area contributed by atoms with Crippen LogP contribution in [-0.2, 0) is 0 Å². The first kappa shape index (κ1) is 17.0. The zero-order chi connectivity index (χ0) is 17.8. The molecule has 1 aromatic carbocycles. The third-order valence-corrected chi connectivity index (χ3v) is 4.11. The number of aryl methyl sites for hydroxylation is 1. The van der Waals surface area contributed by atoms with Crippen molar-refractivity contribution in [1.82, 2.24) is 15.0 Å². The highest BCUT2D eigenvalue weighted by atomic mass is 16.5. The van der Waals surface area contributed by atoms with E-state index in [1.54, 1.807) is 47.1 Å². The summed E-state index contributed by atoms with van der Waals surface area (Å²) in [5, 5.41) is 3.76. The van der Waals surface area contributed by atoms with E-state index in [0.29, 0.717) is 49.8 Å². The fraction of sp³-hybridized carbons (Fsp3) is 0.389. The van der Waals surface area contributed by atoms with Gasteiger partial charge < -0.3 is 19.1 Å². The van der Waals surface area contributed by atoms with Gasteiger partial charge in [-0.15, -0.1) is 0 Å². The standard InChI is InChI=1S/C18H21N3O4/c1-3-24-15-6-4-14(5-7-15)17(22)20-8-10-21(11-9-20)18(23)16-12-13(2)25-19-16/h4-7,12H,3,8-11H2,1-2H3. The van der Waals surface area contributed by atoms with Gasteiger partial charge in [-0.2, -0.15) is 0 Å². The highest BCUT2D eigenvalue weighted by Gasteiger charge is 2.26. The molecule has 1 saturated heterocycles. The molecule has 2 amide bonds. The molecule has 0 bridgehead atoms. The molecule has 1 aliphatic heterocycles. The summed E-state index contributed by atoms with van der Waals surface area (Å²) in [6.45, 7) is 6.20. The van der Waals surface area contributed by atoms with Crippen molar-refractivity contribution in [3.63, 3.8) is 0 Å². The fourth-order valence-electron chi connectivity index (χ4n) is 2.78. The molecular formula is C18H21N3O4. The molecule has 0 N–H and O–H groups in total. The Morgan fingerprint density at radius 2 is 1.68 bits per heavy atom. The Hall–Kier alpha value is -2.83. The Bertz CT molecular complexity index is 746. The number of amides is 2. The van der Waals surface area contributed by atoms with E-state index in [9.17, 15) is 9.59 Å². The average molecular weight is 343 g/mol. The van der Waals surface area contributed by atoms with E-state index < -0.39 is 0 Å². The number of nitrogens with zero attached hydrogens (tertiary/aromatic N) is 3. The van der Waals surface area contributed by atoms with Crippen LogP contribution in [0.25, 0.3) is 0 Å². The molecule has 1 aliphatic rings. The van der Waals surface area contributed by atoms with E-state index in [0.717, 1.165) is 5.75 Å². The molecule has 0 unspecified atom stereocenters. The molecule has 7 heteroatoms. The molecule has 2 aromatic rings. The van der Waals surface area contributed by atoms with Gasteiger partial charge in [-0.3, -0.25) is 9.59 Å². The summed E-state index contributed by atoms with van der Waals surface area (Å²) < 4.78 is 10.3. The van der Waals surface area contributed by atoms with Gasteiger partial charge in [0.2, 0.25) is 0 Å². The second-order valence-corrected chi connectivity index (χ2v) is 5.86. The molecule has 25 heavy (non-hydrogen) atoms. The quantitative estimate of drug-likeness (QED) is 0.848. The van der Waals surface area contributed by atoms with Crippen LogP contribution in [0.4, 0.5) is 0 Å². The molecule has 0 radical (unpaired) electrons. The van der Waals surface area contributed by atoms with Crippen molar-refractivity contribution >= 4 is 11.8 Å². The van der Waals surface area contributed by atoms with Crippen molar-refractivity contribution in [2.24, 2.45) is 0 Å². The fourth-order valence-corrected chi connectivity index (χ4v) is 2.78. The number of ether oxygens (including phenoxy) is 1. The second-order valence-electron chi connectivity index (χ2n) is 5.86. The lowest BCUT2D eigenvalue weighted by atomic mass is 10.1. The van der Waals surface area contributed by atoms with Crippen LogP contribution in [0.1, 0.15) is 33.5 Å². The van der Waals surface area contributed by atoms with E-state index in [1.165, 1.54) is 0 Å². The van der Waals surface area contributed by atoms with Crippen LogP contribution >= 0.6 is 0 Å².